The summed E-state index contributed by atoms with van der Waals surface area (Å²) in [6.07, 6.45) is 0.443. The molecule has 8 nitrogen and oxygen atoms in total. The molecule has 1 unspecified atom stereocenters. The van der Waals surface area contributed by atoms with Crippen LogP contribution in [0.5, 0.6) is 0 Å². The highest BCUT2D eigenvalue weighted by molar-refractivity contribution is 5.83. The molecule has 1 atom stereocenters. The fourth-order valence-corrected chi connectivity index (χ4v) is 2.18. The number of likely N-dealkylation sites (N-methyl/N-ethyl adjacent to an activating group) is 1. The van der Waals surface area contributed by atoms with Gasteiger partial charge in [0.2, 0.25) is 11.8 Å². The molecule has 0 bridgehead atoms. The highest BCUT2D eigenvalue weighted by Gasteiger charge is 2.30. The summed E-state index contributed by atoms with van der Waals surface area (Å²) in [6.45, 7) is 2.39. The monoisotopic (exact) mass is 300 g/mol. The average Bonchev–Trinajstić information content (AvgIpc) is 2.43. The minimum Gasteiger partial charge on any atom is -0.481 e. The van der Waals surface area contributed by atoms with Crippen LogP contribution in [0.25, 0.3) is 0 Å². The van der Waals surface area contributed by atoms with E-state index in [0.29, 0.717) is 26.1 Å². The maximum Gasteiger partial charge on any atom is 0.303 e. The number of carboxylic acid groups (broad SMARTS) is 1. The summed E-state index contributed by atoms with van der Waals surface area (Å²) in [5.74, 6) is -1.08. The van der Waals surface area contributed by atoms with Gasteiger partial charge in [-0.15, -0.1) is 0 Å². The first-order valence-electron chi connectivity index (χ1n) is 7.06. The molecule has 0 spiro atoms. The van der Waals surface area contributed by atoms with E-state index in [2.05, 4.69) is 10.6 Å². The second-order valence-electron chi connectivity index (χ2n) is 5.27. The van der Waals surface area contributed by atoms with Crippen LogP contribution in [0.2, 0.25) is 0 Å². The van der Waals surface area contributed by atoms with Crippen molar-refractivity contribution >= 4 is 17.8 Å². The highest BCUT2D eigenvalue weighted by Crippen LogP contribution is 2.05. The van der Waals surface area contributed by atoms with Gasteiger partial charge in [0, 0.05) is 46.7 Å². The number of piperazine rings is 1. The number of hydrogen-bond donors (Lipinski definition) is 3. The van der Waals surface area contributed by atoms with E-state index < -0.39 is 5.97 Å². The quantitative estimate of drug-likeness (QED) is 0.486. The lowest BCUT2D eigenvalue weighted by atomic mass is 10.1. The Bertz CT molecular complexity index is 386. The lowest BCUT2D eigenvalue weighted by Crippen LogP contribution is -2.59. The molecule has 1 fully saturated rings. The van der Waals surface area contributed by atoms with Crippen LogP contribution in [0.4, 0.5) is 0 Å². The number of carbonyl (C=O) groups is 3. The molecule has 0 aliphatic carbocycles. The summed E-state index contributed by atoms with van der Waals surface area (Å²) >= 11 is 0. The molecule has 0 aromatic heterocycles. The predicted molar refractivity (Wildman–Crippen MR) is 76.8 cm³/mol. The first-order chi connectivity index (χ1) is 9.91. The first kappa shape index (κ1) is 17.4. The Morgan fingerprint density at radius 3 is 2.71 bits per heavy atom. The molecule has 0 radical (unpaired) electrons. The largest absolute Gasteiger partial charge is 0.481 e. The van der Waals surface area contributed by atoms with E-state index in [1.165, 1.54) is 4.90 Å². The molecule has 120 valence electrons. The zero-order valence-electron chi connectivity index (χ0n) is 12.6. The molecular formula is C13H24N4O4. The molecule has 0 aromatic carbocycles. The van der Waals surface area contributed by atoms with Crippen molar-refractivity contribution < 1.29 is 19.5 Å². The molecule has 2 amide bonds. The van der Waals surface area contributed by atoms with E-state index in [1.54, 1.807) is 14.1 Å². The molecule has 0 saturated carbocycles. The number of amides is 2. The van der Waals surface area contributed by atoms with Gasteiger partial charge in [0.25, 0.3) is 0 Å². The Morgan fingerprint density at radius 2 is 2.10 bits per heavy atom. The van der Waals surface area contributed by atoms with Crippen molar-refractivity contribution in [3.8, 4) is 0 Å². The van der Waals surface area contributed by atoms with Crippen LogP contribution in [-0.4, -0.2) is 85.6 Å². The lowest BCUT2D eigenvalue weighted by molar-refractivity contribution is -0.138. The van der Waals surface area contributed by atoms with Crippen molar-refractivity contribution in [3.63, 3.8) is 0 Å². The van der Waals surface area contributed by atoms with Gasteiger partial charge in [-0.05, 0) is 6.42 Å². The van der Waals surface area contributed by atoms with Gasteiger partial charge in [-0.1, -0.05) is 0 Å². The highest BCUT2D eigenvalue weighted by atomic mass is 16.4. The maximum atomic E-state index is 12.1. The van der Waals surface area contributed by atoms with E-state index >= 15 is 0 Å². The summed E-state index contributed by atoms with van der Waals surface area (Å²) in [4.78, 5) is 37.7. The van der Waals surface area contributed by atoms with Gasteiger partial charge in [-0.3, -0.25) is 19.3 Å². The fraction of sp³-hybridized carbons (Fsp3) is 0.769. The van der Waals surface area contributed by atoms with Gasteiger partial charge in [-0.2, -0.15) is 0 Å². The molecule has 0 aromatic rings. The van der Waals surface area contributed by atoms with Gasteiger partial charge in [0.05, 0.1) is 6.54 Å². The zero-order valence-corrected chi connectivity index (χ0v) is 12.6. The Labute approximate surface area is 124 Å². The van der Waals surface area contributed by atoms with Crippen molar-refractivity contribution in [3.05, 3.63) is 0 Å². The first-order valence-corrected chi connectivity index (χ1v) is 7.06. The van der Waals surface area contributed by atoms with Crippen molar-refractivity contribution in [1.82, 2.24) is 20.4 Å². The third-order valence-corrected chi connectivity index (χ3v) is 3.32. The van der Waals surface area contributed by atoms with Crippen LogP contribution in [0.1, 0.15) is 12.8 Å². The number of nitrogens with zero attached hydrogens (tertiary/aromatic N) is 2. The summed E-state index contributed by atoms with van der Waals surface area (Å²) in [7, 11) is 3.39. The molecule has 1 saturated heterocycles. The predicted octanol–water partition coefficient (Wildman–Crippen LogP) is -1.67. The molecule has 1 aliphatic rings. The van der Waals surface area contributed by atoms with Crippen LogP contribution in [-0.2, 0) is 14.4 Å². The molecule has 1 rings (SSSR count). The number of carbonyl (C=O) groups excluding carboxylic acids is 2. The Balaban J connectivity index is 2.40. The molecule has 21 heavy (non-hydrogen) atoms. The van der Waals surface area contributed by atoms with Crippen LogP contribution in [0, 0.1) is 0 Å². The maximum absolute atomic E-state index is 12.1. The molecular weight excluding hydrogens is 276 g/mol. The number of carboxylic acids is 1. The van der Waals surface area contributed by atoms with Crippen LogP contribution < -0.4 is 10.6 Å². The fourth-order valence-electron chi connectivity index (χ4n) is 2.18. The lowest BCUT2D eigenvalue weighted by Gasteiger charge is -2.35. The normalized spacial score (nSPS) is 19.0. The minimum absolute atomic E-state index is 0.0270. The van der Waals surface area contributed by atoms with Crippen molar-refractivity contribution in [1.29, 1.82) is 0 Å². The number of hydrogen-bond acceptors (Lipinski definition) is 5. The molecule has 1 aliphatic heterocycles. The van der Waals surface area contributed by atoms with Gasteiger partial charge in [0.15, 0.2) is 0 Å². The number of nitrogens with one attached hydrogen (secondary N) is 2. The third-order valence-electron chi connectivity index (χ3n) is 3.32. The topological polar surface area (TPSA) is 102 Å². The van der Waals surface area contributed by atoms with Crippen LogP contribution in [0.15, 0.2) is 0 Å². The number of rotatable bonds is 7. The summed E-state index contributed by atoms with van der Waals surface area (Å²) in [5.41, 5.74) is 0. The van der Waals surface area contributed by atoms with Gasteiger partial charge < -0.3 is 20.6 Å². The smallest absolute Gasteiger partial charge is 0.303 e. The summed E-state index contributed by atoms with van der Waals surface area (Å²) in [6, 6.07) is -0.335. The van der Waals surface area contributed by atoms with Crippen LogP contribution in [0.3, 0.4) is 0 Å². The zero-order chi connectivity index (χ0) is 15.8. The Hall–Kier alpha value is -1.67. The standard InChI is InChI=1S/C13H24N4O4/c1-16(2)13(21)10-8-14-6-7-17(10)9-11(18)15-5-3-4-12(19)20/h10,14H,3-9H2,1-2H3,(H,15,18)(H,19,20). The van der Waals surface area contributed by atoms with Gasteiger partial charge in [0.1, 0.15) is 6.04 Å². The molecule has 1 heterocycles. The van der Waals surface area contributed by atoms with E-state index in [9.17, 15) is 14.4 Å². The molecule has 8 heteroatoms. The van der Waals surface area contributed by atoms with Gasteiger partial charge in [-0.25, -0.2) is 0 Å². The van der Waals surface area contributed by atoms with E-state index in [0.717, 1.165) is 6.54 Å². The van der Waals surface area contributed by atoms with Crippen LogP contribution >= 0.6 is 0 Å². The van der Waals surface area contributed by atoms with Gasteiger partial charge >= 0.3 is 5.97 Å². The van der Waals surface area contributed by atoms with E-state index in [-0.39, 0.29) is 30.8 Å². The van der Waals surface area contributed by atoms with E-state index in [4.69, 9.17) is 5.11 Å². The number of aliphatic carboxylic acids is 1. The average molecular weight is 300 g/mol. The summed E-state index contributed by atoms with van der Waals surface area (Å²) < 4.78 is 0. The van der Waals surface area contributed by atoms with Crippen molar-refractivity contribution in [2.75, 3.05) is 46.8 Å². The second-order valence-corrected chi connectivity index (χ2v) is 5.27. The second kappa shape index (κ2) is 8.58. The van der Waals surface area contributed by atoms with Crippen molar-refractivity contribution in [2.24, 2.45) is 0 Å². The Kier molecular flexibility index (Phi) is 7.10. The Morgan fingerprint density at radius 1 is 1.38 bits per heavy atom. The third kappa shape index (κ3) is 6.09. The summed E-state index contributed by atoms with van der Waals surface area (Å²) in [5, 5.41) is 14.4. The SMILES string of the molecule is CN(C)C(=O)C1CNCCN1CC(=O)NCCCC(=O)O. The minimum atomic E-state index is -0.872. The van der Waals surface area contributed by atoms with E-state index in [1.807, 2.05) is 4.90 Å². The molecule has 3 N–H and O–H groups in total. The van der Waals surface area contributed by atoms with Crippen molar-refractivity contribution in [2.45, 2.75) is 18.9 Å².